The van der Waals surface area contributed by atoms with Gasteiger partial charge in [-0.05, 0) is 24.3 Å². The largest absolute Gasteiger partial charge is 0.350 e. The minimum Gasteiger partial charge on any atom is -0.350 e. The van der Waals surface area contributed by atoms with Gasteiger partial charge in [-0.25, -0.2) is 13.4 Å². The van der Waals surface area contributed by atoms with Gasteiger partial charge < -0.3 is 5.32 Å². The molecule has 0 unspecified atom stereocenters. The number of carbonyl (C=O) groups excluding carboxylic acids is 1. The SMILES string of the molecule is O=C(NCCS(=O)(=O)c1ccccc1)c1csc(-c2cccc(Cl)c2)n1. The fraction of sp³-hybridized carbons (Fsp3) is 0.111. The zero-order chi connectivity index (χ0) is 18.6. The lowest BCUT2D eigenvalue weighted by atomic mass is 10.2. The van der Waals surface area contributed by atoms with E-state index in [9.17, 15) is 13.2 Å². The van der Waals surface area contributed by atoms with Crippen molar-refractivity contribution >= 4 is 38.7 Å². The highest BCUT2D eigenvalue weighted by molar-refractivity contribution is 7.91. The molecule has 1 aromatic heterocycles. The Labute approximate surface area is 160 Å². The second-order valence-corrected chi connectivity index (χ2v) is 8.84. The maximum atomic E-state index is 12.2. The molecular formula is C18H15ClN2O3S2. The van der Waals surface area contributed by atoms with Crippen molar-refractivity contribution in [3.63, 3.8) is 0 Å². The molecule has 0 bridgehead atoms. The molecule has 134 valence electrons. The first kappa shape index (κ1) is 18.6. The van der Waals surface area contributed by atoms with E-state index >= 15 is 0 Å². The summed E-state index contributed by atoms with van der Waals surface area (Å²) in [5, 5.41) is 5.51. The molecule has 0 radical (unpaired) electrons. The van der Waals surface area contributed by atoms with E-state index in [1.807, 2.05) is 12.1 Å². The molecule has 1 heterocycles. The first-order valence-electron chi connectivity index (χ1n) is 7.73. The minimum absolute atomic E-state index is 0.0140. The van der Waals surface area contributed by atoms with Crippen LogP contribution in [0.2, 0.25) is 5.02 Å². The average molecular weight is 407 g/mol. The molecule has 0 saturated carbocycles. The number of halogens is 1. The first-order chi connectivity index (χ1) is 12.5. The van der Waals surface area contributed by atoms with Crippen LogP contribution in [0.25, 0.3) is 10.6 Å². The van der Waals surface area contributed by atoms with Crippen molar-refractivity contribution in [2.24, 2.45) is 0 Å². The molecule has 3 aromatic rings. The van der Waals surface area contributed by atoms with Crippen LogP contribution in [0.5, 0.6) is 0 Å². The molecule has 0 saturated heterocycles. The highest BCUT2D eigenvalue weighted by Crippen LogP contribution is 2.25. The molecular weight excluding hydrogens is 392 g/mol. The minimum atomic E-state index is -3.43. The van der Waals surface area contributed by atoms with Crippen LogP contribution < -0.4 is 5.32 Å². The lowest BCUT2D eigenvalue weighted by Crippen LogP contribution is -2.29. The van der Waals surface area contributed by atoms with Gasteiger partial charge in [-0.15, -0.1) is 11.3 Å². The summed E-state index contributed by atoms with van der Waals surface area (Å²) in [6.45, 7) is 0.0140. The topological polar surface area (TPSA) is 76.1 Å². The number of sulfone groups is 1. The Bertz CT molecular complexity index is 1020. The van der Waals surface area contributed by atoms with E-state index in [4.69, 9.17) is 11.6 Å². The van der Waals surface area contributed by atoms with Crippen molar-refractivity contribution < 1.29 is 13.2 Å². The van der Waals surface area contributed by atoms with Gasteiger partial charge in [0.15, 0.2) is 9.84 Å². The predicted octanol–water partition coefficient (Wildman–Crippen LogP) is 3.67. The quantitative estimate of drug-likeness (QED) is 0.677. The second-order valence-electron chi connectivity index (χ2n) is 5.44. The fourth-order valence-electron chi connectivity index (χ4n) is 2.27. The van der Waals surface area contributed by atoms with Crippen molar-refractivity contribution in [1.29, 1.82) is 0 Å². The van der Waals surface area contributed by atoms with Crippen LogP contribution in [0.15, 0.2) is 64.9 Å². The fourth-order valence-corrected chi connectivity index (χ4v) is 4.43. The number of hydrogen-bond acceptors (Lipinski definition) is 5. The van der Waals surface area contributed by atoms with Gasteiger partial charge in [0.1, 0.15) is 10.7 Å². The summed E-state index contributed by atoms with van der Waals surface area (Å²) in [5.74, 6) is -0.577. The number of carbonyl (C=O) groups is 1. The summed E-state index contributed by atoms with van der Waals surface area (Å²) in [4.78, 5) is 16.7. The molecule has 0 spiro atoms. The van der Waals surface area contributed by atoms with E-state index in [1.54, 1.807) is 35.7 Å². The Hall–Kier alpha value is -2.22. The summed E-state index contributed by atoms with van der Waals surface area (Å²) < 4.78 is 24.4. The maximum Gasteiger partial charge on any atom is 0.270 e. The standard InChI is InChI=1S/C18H15ClN2O3S2/c19-14-6-4-5-13(11-14)18-21-16(12-25-18)17(22)20-9-10-26(23,24)15-7-2-1-3-8-15/h1-8,11-12H,9-10H2,(H,20,22). The van der Waals surface area contributed by atoms with Crippen LogP contribution in [0.1, 0.15) is 10.5 Å². The van der Waals surface area contributed by atoms with E-state index in [0.29, 0.717) is 10.0 Å². The lowest BCUT2D eigenvalue weighted by Gasteiger charge is -2.05. The molecule has 5 nitrogen and oxygen atoms in total. The molecule has 1 N–H and O–H groups in total. The third-order valence-electron chi connectivity index (χ3n) is 3.57. The molecule has 8 heteroatoms. The van der Waals surface area contributed by atoms with Crippen molar-refractivity contribution in [3.8, 4) is 10.6 Å². The number of nitrogens with zero attached hydrogens (tertiary/aromatic N) is 1. The number of benzene rings is 2. The Balaban J connectivity index is 1.61. The van der Waals surface area contributed by atoms with E-state index < -0.39 is 15.7 Å². The van der Waals surface area contributed by atoms with Gasteiger partial charge >= 0.3 is 0 Å². The van der Waals surface area contributed by atoms with E-state index in [2.05, 4.69) is 10.3 Å². The van der Waals surface area contributed by atoms with E-state index in [0.717, 1.165) is 5.56 Å². The summed E-state index contributed by atoms with van der Waals surface area (Å²) in [5.41, 5.74) is 1.08. The number of amides is 1. The molecule has 26 heavy (non-hydrogen) atoms. The lowest BCUT2D eigenvalue weighted by molar-refractivity contribution is 0.0952. The van der Waals surface area contributed by atoms with Crippen LogP contribution in [0.4, 0.5) is 0 Å². The molecule has 2 aromatic carbocycles. The van der Waals surface area contributed by atoms with Crippen molar-refractivity contribution in [2.45, 2.75) is 4.90 Å². The molecule has 3 rings (SSSR count). The van der Waals surface area contributed by atoms with Crippen LogP contribution in [-0.2, 0) is 9.84 Å². The predicted molar refractivity (Wildman–Crippen MR) is 103 cm³/mol. The number of aromatic nitrogens is 1. The Morgan fingerprint density at radius 2 is 1.88 bits per heavy atom. The van der Waals surface area contributed by atoms with Gasteiger partial charge in [0.25, 0.3) is 5.91 Å². The second kappa shape index (κ2) is 7.99. The Morgan fingerprint density at radius 3 is 2.62 bits per heavy atom. The summed E-state index contributed by atoms with van der Waals surface area (Å²) in [6.07, 6.45) is 0. The zero-order valence-electron chi connectivity index (χ0n) is 13.6. The molecule has 0 aliphatic rings. The highest BCUT2D eigenvalue weighted by atomic mass is 35.5. The van der Waals surface area contributed by atoms with Gasteiger partial charge in [-0.3, -0.25) is 4.79 Å². The van der Waals surface area contributed by atoms with Gasteiger partial charge in [-0.2, -0.15) is 0 Å². The Morgan fingerprint density at radius 1 is 1.12 bits per heavy atom. The Kier molecular flexibility index (Phi) is 5.70. The highest BCUT2D eigenvalue weighted by Gasteiger charge is 2.16. The number of rotatable bonds is 6. The smallest absolute Gasteiger partial charge is 0.270 e. The number of thiazole rings is 1. The molecule has 1 amide bonds. The van der Waals surface area contributed by atoms with Crippen LogP contribution in [-0.4, -0.2) is 31.6 Å². The van der Waals surface area contributed by atoms with Crippen LogP contribution in [0.3, 0.4) is 0 Å². The van der Waals surface area contributed by atoms with Gasteiger partial charge in [0.2, 0.25) is 0 Å². The first-order valence-corrected chi connectivity index (χ1v) is 10.6. The summed E-state index contributed by atoms with van der Waals surface area (Å²) in [7, 11) is -3.43. The summed E-state index contributed by atoms with van der Waals surface area (Å²) in [6, 6.07) is 15.4. The number of hydrogen-bond donors (Lipinski definition) is 1. The van der Waals surface area contributed by atoms with Gasteiger partial charge in [0, 0.05) is 22.5 Å². The average Bonchev–Trinajstić information content (AvgIpc) is 3.12. The normalized spacial score (nSPS) is 11.3. The van der Waals surface area contributed by atoms with Gasteiger partial charge in [0.05, 0.1) is 10.6 Å². The number of nitrogens with one attached hydrogen (secondary N) is 1. The van der Waals surface area contributed by atoms with E-state index in [-0.39, 0.29) is 22.9 Å². The molecule has 0 aliphatic heterocycles. The van der Waals surface area contributed by atoms with Crippen LogP contribution >= 0.6 is 22.9 Å². The van der Waals surface area contributed by atoms with Crippen molar-refractivity contribution in [3.05, 3.63) is 70.7 Å². The monoisotopic (exact) mass is 406 g/mol. The maximum absolute atomic E-state index is 12.2. The van der Waals surface area contributed by atoms with Gasteiger partial charge in [-0.1, -0.05) is 41.9 Å². The third kappa shape index (κ3) is 4.49. The summed E-state index contributed by atoms with van der Waals surface area (Å²) >= 11 is 7.29. The third-order valence-corrected chi connectivity index (χ3v) is 6.43. The van der Waals surface area contributed by atoms with Crippen molar-refractivity contribution in [1.82, 2.24) is 10.3 Å². The molecule has 0 fully saturated rings. The van der Waals surface area contributed by atoms with Crippen molar-refractivity contribution in [2.75, 3.05) is 12.3 Å². The zero-order valence-corrected chi connectivity index (χ0v) is 15.9. The molecule has 0 aliphatic carbocycles. The molecule has 0 atom stereocenters. The van der Waals surface area contributed by atoms with Crippen LogP contribution in [0, 0.1) is 0 Å². The van der Waals surface area contributed by atoms with E-state index in [1.165, 1.54) is 23.5 Å².